The zero-order valence-electron chi connectivity index (χ0n) is 10.5. The first kappa shape index (κ1) is 14.7. The topological polar surface area (TPSA) is 33.1 Å². The average Bonchev–Trinajstić information content (AvgIpc) is 2.29. The minimum absolute atomic E-state index is 0.229. The summed E-state index contributed by atoms with van der Waals surface area (Å²) in [6, 6.07) is 2.02. The molecule has 0 amide bonds. The summed E-state index contributed by atoms with van der Waals surface area (Å²) in [7, 11) is 0. The highest BCUT2D eigenvalue weighted by atomic mass is 79.9. The molecular formula is C14H22BrNO. The fourth-order valence-corrected chi connectivity index (χ4v) is 2.34. The quantitative estimate of drug-likeness (QED) is 0.733. The standard InChI is InChI=1S/C14H22BrNO/c1-2-3-4-5-6-7-14(17)9-12-8-13(15)11-16-10-12/h8,10-11,14,17H,2-7,9H2,1H3. The molecule has 1 unspecified atom stereocenters. The van der Waals surface area contributed by atoms with Crippen molar-refractivity contribution in [1.29, 1.82) is 0 Å². The van der Waals surface area contributed by atoms with Crippen LogP contribution in [0, 0.1) is 0 Å². The Labute approximate surface area is 113 Å². The molecular weight excluding hydrogens is 278 g/mol. The summed E-state index contributed by atoms with van der Waals surface area (Å²) in [5.41, 5.74) is 1.10. The molecule has 0 radical (unpaired) electrons. The van der Waals surface area contributed by atoms with Gasteiger partial charge in [0.1, 0.15) is 0 Å². The van der Waals surface area contributed by atoms with Crippen molar-refractivity contribution in [3.63, 3.8) is 0 Å². The molecule has 96 valence electrons. The molecule has 0 aromatic carbocycles. The maximum atomic E-state index is 9.91. The fraction of sp³-hybridized carbons (Fsp3) is 0.643. The van der Waals surface area contributed by atoms with E-state index >= 15 is 0 Å². The van der Waals surface area contributed by atoms with Crippen LogP contribution in [0.5, 0.6) is 0 Å². The van der Waals surface area contributed by atoms with Crippen LogP contribution in [-0.4, -0.2) is 16.2 Å². The van der Waals surface area contributed by atoms with Crippen LogP contribution in [-0.2, 0) is 6.42 Å². The van der Waals surface area contributed by atoms with E-state index in [0.717, 1.165) is 22.9 Å². The van der Waals surface area contributed by atoms with Crippen LogP contribution in [0.1, 0.15) is 51.0 Å². The smallest absolute Gasteiger partial charge is 0.0581 e. The molecule has 1 heterocycles. The van der Waals surface area contributed by atoms with E-state index in [1.54, 1.807) is 6.20 Å². The first-order valence-corrected chi connectivity index (χ1v) is 7.29. The van der Waals surface area contributed by atoms with E-state index in [1.807, 2.05) is 12.3 Å². The number of aromatic nitrogens is 1. The van der Waals surface area contributed by atoms with Crippen molar-refractivity contribution >= 4 is 15.9 Å². The van der Waals surface area contributed by atoms with Crippen LogP contribution in [0.4, 0.5) is 0 Å². The van der Waals surface area contributed by atoms with E-state index in [9.17, 15) is 5.11 Å². The maximum absolute atomic E-state index is 9.91. The molecule has 0 saturated heterocycles. The Bertz CT molecular complexity index is 317. The average molecular weight is 300 g/mol. The molecule has 1 N–H and O–H groups in total. The summed E-state index contributed by atoms with van der Waals surface area (Å²) in [6.45, 7) is 2.22. The molecule has 17 heavy (non-hydrogen) atoms. The molecule has 0 saturated carbocycles. The molecule has 3 heteroatoms. The highest BCUT2D eigenvalue weighted by molar-refractivity contribution is 9.10. The summed E-state index contributed by atoms with van der Waals surface area (Å²) in [5, 5.41) is 9.91. The van der Waals surface area contributed by atoms with Gasteiger partial charge in [-0.05, 0) is 40.4 Å². The molecule has 1 atom stereocenters. The minimum atomic E-state index is -0.229. The van der Waals surface area contributed by atoms with Gasteiger partial charge in [0, 0.05) is 16.9 Å². The Hall–Kier alpha value is -0.410. The van der Waals surface area contributed by atoms with Gasteiger partial charge in [-0.1, -0.05) is 39.0 Å². The largest absolute Gasteiger partial charge is 0.393 e. The van der Waals surface area contributed by atoms with Crippen molar-refractivity contribution in [2.75, 3.05) is 0 Å². The Kier molecular flexibility index (Phi) is 7.45. The van der Waals surface area contributed by atoms with Gasteiger partial charge in [0.15, 0.2) is 0 Å². The van der Waals surface area contributed by atoms with E-state index in [2.05, 4.69) is 27.8 Å². The summed E-state index contributed by atoms with van der Waals surface area (Å²) in [4.78, 5) is 4.10. The molecule has 0 aliphatic heterocycles. The van der Waals surface area contributed by atoms with Gasteiger partial charge in [0.05, 0.1) is 6.10 Å². The van der Waals surface area contributed by atoms with E-state index in [1.165, 1.54) is 25.7 Å². The molecule has 0 spiro atoms. The van der Waals surface area contributed by atoms with Gasteiger partial charge in [-0.15, -0.1) is 0 Å². The highest BCUT2D eigenvalue weighted by Gasteiger charge is 2.06. The van der Waals surface area contributed by atoms with Gasteiger partial charge in [-0.3, -0.25) is 4.98 Å². The van der Waals surface area contributed by atoms with Gasteiger partial charge >= 0.3 is 0 Å². The van der Waals surface area contributed by atoms with E-state index in [-0.39, 0.29) is 6.10 Å². The fourth-order valence-electron chi connectivity index (χ4n) is 1.93. The molecule has 0 aliphatic rings. The van der Waals surface area contributed by atoms with Gasteiger partial charge in [-0.2, -0.15) is 0 Å². The van der Waals surface area contributed by atoms with Crippen LogP contribution in [0.2, 0.25) is 0 Å². The molecule has 1 aromatic rings. The van der Waals surface area contributed by atoms with Crippen molar-refractivity contribution in [3.05, 3.63) is 28.5 Å². The Balaban J connectivity index is 2.18. The van der Waals surface area contributed by atoms with Gasteiger partial charge in [-0.25, -0.2) is 0 Å². The summed E-state index contributed by atoms with van der Waals surface area (Å²) in [6.07, 6.45) is 11.2. The SMILES string of the molecule is CCCCCCCC(O)Cc1cncc(Br)c1. The molecule has 1 rings (SSSR count). The maximum Gasteiger partial charge on any atom is 0.0581 e. The number of unbranched alkanes of at least 4 members (excludes halogenated alkanes) is 4. The second kappa shape index (κ2) is 8.65. The predicted molar refractivity (Wildman–Crippen MR) is 75.0 cm³/mol. The molecule has 0 bridgehead atoms. The zero-order valence-corrected chi connectivity index (χ0v) is 12.1. The molecule has 0 aliphatic carbocycles. The minimum Gasteiger partial charge on any atom is -0.393 e. The van der Waals surface area contributed by atoms with Crippen molar-refractivity contribution < 1.29 is 5.11 Å². The highest BCUT2D eigenvalue weighted by Crippen LogP contribution is 2.14. The molecule has 0 fully saturated rings. The number of rotatable bonds is 8. The number of pyridine rings is 1. The Morgan fingerprint density at radius 3 is 2.71 bits per heavy atom. The summed E-state index contributed by atoms with van der Waals surface area (Å²) >= 11 is 3.39. The second-order valence-corrected chi connectivity index (χ2v) is 5.49. The normalized spacial score (nSPS) is 12.6. The third-order valence-electron chi connectivity index (χ3n) is 2.87. The van der Waals surface area contributed by atoms with Crippen molar-refractivity contribution in [2.24, 2.45) is 0 Å². The van der Waals surface area contributed by atoms with E-state index in [4.69, 9.17) is 0 Å². The van der Waals surface area contributed by atoms with Crippen LogP contribution < -0.4 is 0 Å². The van der Waals surface area contributed by atoms with Gasteiger partial charge < -0.3 is 5.11 Å². The van der Waals surface area contributed by atoms with E-state index < -0.39 is 0 Å². The van der Waals surface area contributed by atoms with Crippen LogP contribution >= 0.6 is 15.9 Å². The number of aliphatic hydroxyl groups is 1. The number of hydrogen-bond donors (Lipinski definition) is 1. The Morgan fingerprint density at radius 1 is 1.24 bits per heavy atom. The van der Waals surface area contributed by atoms with Crippen LogP contribution in [0.3, 0.4) is 0 Å². The lowest BCUT2D eigenvalue weighted by Gasteiger charge is -2.10. The number of halogens is 1. The zero-order chi connectivity index (χ0) is 12.5. The van der Waals surface area contributed by atoms with Crippen molar-refractivity contribution in [1.82, 2.24) is 4.98 Å². The molecule has 2 nitrogen and oxygen atoms in total. The van der Waals surface area contributed by atoms with Gasteiger partial charge in [0.2, 0.25) is 0 Å². The summed E-state index contributed by atoms with van der Waals surface area (Å²) < 4.78 is 0.977. The van der Waals surface area contributed by atoms with Crippen molar-refractivity contribution in [3.8, 4) is 0 Å². The Morgan fingerprint density at radius 2 is 2.00 bits per heavy atom. The van der Waals surface area contributed by atoms with Crippen LogP contribution in [0.25, 0.3) is 0 Å². The summed E-state index contributed by atoms with van der Waals surface area (Å²) in [5.74, 6) is 0. The predicted octanol–water partition coefficient (Wildman–Crippen LogP) is 4.11. The molecule has 1 aromatic heterocycles. The lowest BCUT2D eigenvalue weighted by atomic mass is 10.0. The number of aliphatic hydroxyl groups excluding tert-OH is 1. The lowest BCUT2D eigenvalue weighted by molar-refractivity contribution is 0.161. The van der Waals surface area contributed by atoms with E-state index in [0.29, 0.717) is 6.42 Å². The lowest BCUT2D eigenvalue weighted by Crippen LogP contribution is -2.10. The van der Waals surface area contributed by atoms with Crippen molar-refractivity contribution in [2.45, 2.75) is 58.0 Å². The van der Waals surface area contributed by atoms with Gasteiger partial charge in [0.25, 0.3) is 0 Å². The first-order valence-electron chi connectivity index (χ1n) is 6.50. The number of nitrogens with zero attached hydrogens (tertiary/aromatic N) is 1. The first-order chi connectivity index (χ1) is 8.22. The third-order valence-corrected chi connectivity index (χ3v) is 3.31. The van der Waals surface area contributed by atoms with Crippen LogP contribution in [0.15, 0.2) is 22.9 Å². The number of hydrogen-bond acceptors (Lipinski definition) is 2. The second-order valence-electron chi connectivity index (χ2n) is 4.57. The monoisotopic (exact) mass is 299 g/mol. The third kappa shape index (κ3) is 6.79.